The van der Waals surface area contributed by atoms with E-state index in [0.29, 0.717) is 0 Å². The molecule has 0 aromatic heterocycles. The van der Waals surface area contributed by atoms with Crippen molar-refractivity contribution in [1.29, 1.82) is 0 Å². The first-order valence-corrected chi connectivity index (χ1v) is 21.0. The number of carbonyl (C=O) groups excluding carboxylic acids is 1. The Hall–Kier alpha value is -4.09. The number of ether oxygens (including phenoxy) is 1. The van der Waals surface area contributed by atoms with Crippen molar-refractivity contribution in [3.63, 3.8) is 0 Å². The van der Waals surface area contributed by atoms with Crippen LogP contribution in [0.25, 0.3) is 0 Å². The van der Waals surface area contributed by atoms with Crippen molar-refractivity contribution in [2.45, 2.75) is 18.9 Å². The first-order chi connectivity index (χ1) is 21.2. The summed E-state index contributed by atoms with van der Waals surface area (Å²) in [5, 5.41) is 0. The number of carbonyl (C=O) groups is 1. The van der Waals surface area contributed by atoms with Crippen LogP contribution >= 0.6 is 0 Å². The van der Waals surface area contributed by atoms with Gasteiger partial charge in [-0.25, -0.2) is 0 Å². The molecule has 5 aromatic carbocycles. The van der Waals surface area contributed by atoms with Gasteiger partial charge in [-0.15, -0.1) is 0 Å². The van der Waals surface area contributed by atoms with Crippen LogP contribution in [-0.4, -0.2) is 37.4 Å². The molecule has 0 unspecified atom stereocenters. The van der Waals surface area contributed by atoms with Gasteiger partial charge < -0.3 is 0 Å². The molecule has 3 atom stereocenters. The first kappa shape index (κ1) is 27.7. The van der Waals surface area contributed by atoms with Crippen LogP contribution in [0.1, 0.15) is 12.0 Å². The van der Waals surface area contributed by atoms with E-state index in [0.717, 1.165) is 24.3 Å². The first-order valence-electron chi connectivity index (χ1n) is 15.1. The van der Waals surface area contributed by atoms with Gasteiger partial charge in [-0.1, -0.05) is 0 Å². The van der Waals surface area contributed by atoms with Crippen molar-refractivity contribution in [1.82, 2.24) is 0 Å². The van der Waals surface area contributed by atoms with Crippen LogP contribution in [0.4, 0.5) is 5.69 Å². The molecule has 1 heterocycles. The number of nitrogens with zero attached hydrogens (tertiary/aromatic N) is 1. The predicted molar refractivity (Wildman–Crippen MR) is 178 cm³/mol. The van der Waals surface area contributed by atoms with Gasteiger partial charge in [-0.3, -0.25) is 0 Å². The molecule has 5 aromatic rings. The fraction of sp³-hybridized carbons (Fsp3) is 0.154. The Bertz CT molecular complexity index is 1620. The van der Waals surface area contributed by atoms with E-state index in [9.17, 15) is 4.79 Å². The van der Waals surface area contributed by atoms with Gasteiger partial charge in [0.1, 0.15) is 0 Å². The predicted octanol–water partition coefficient (Wildman–Crippen LogP) is 5.93. The average molecular weight is 668 g/mol. The molecule has 0 N–H and O–H groups in total. The Morgan fingerprint density at radius 2 is 1.19 bits per heavy atom. The molecule has 0 bridgehead atoms. The quantitative estimate of drug-likeness (QED) is 0.152. The molecule has 0 radical (unpaired) electrons. The van der Waals surface area contributed by atoms with Crippen LogP contribution in [0.3, 0.4) is 0 Å². The maximum absolute atomic E-state index is 13.8. The standard InChI is InChI=1S/C21H20NO2.3C6H5.Sn/c1-14-12-19-20(18(14)13-15-6-4-3-5-7-15)22(21(19)23)16-8-10-17(24-2)11-9-16;3*1-2-4-6-5-3-1;/h1,3-11,18-20H,12-13H2,2H3;3*1-5H;/t18-,19-,20+;;;;/m1..../s1. The molecule has 4 heteroatoms. The number of methoxy groups -OCH3 is 1. The van der Waals surface area contributed by atoms with E-state index in [1.807, 2.05) is 24.3 Å². The summed E-state index contributed by atoms with van der Waals surface area (Å²) in [6.45, 7) is 0. The Morgan fingerprint density at radius 1 is 0.698 bits per heavy atom. The van der Waals surface area contributed by atoms with E-state index >= 15 is 0 Å². The van der Waals surface area contributed by atoms with Crippen molar-refractivity contribution in [3.05, 3.63) is 161 Å². The Balaban J connectivity index is 1.41. The maximum atomic E-state index is 13.8. The summed E-state index contributed by atoms with van der Waals surface area (Å²) in [5.74, 6) is 1.28. The molecule has 212 valence electrons. The summed E-state index contributed by atoms with van der Waals surface area (Å²) >= 11 is -3.71. The second-order valence-electron chi connectivity index (χ2n) is 11.6. The van der Waals surface area contributed by atoms with E-state index in [4.69, 9.17) is 4.74 Å². The number of β-lactam (4-membered cyclic amide) rings is 1. The molecule has 3 nitrogen and oxygen atoms in total. The van der Waals surface area contributed by atoms with Gasteiger partial charge in [0.15, 0.2) is 0 Å². The minimum absolute atomic E-state index is 0.00775. The van der Waals surface area contributed by atoms with Crippen LogP contribution < -0.4 is 20.4 Å². The van der Waals surface area contributed by atoms with Gasteiger partial charge in [0, 0.05) is 0 Å². The number of amides is 1. The molecular weight excluding hydrogens is 633 g/mol. The number of benzene rings is 5. The van der Waals surface area contributed by atoms with Crippen molar-refractivity contribution in [3.8, 4) is 5.75 Å². The summed E-state index contributed by atoms with van der Waals surface area (Å²) in [5.41, 5.74) is 3.71. The van der Waals surface area contributed by atoms with E-state index in [-0.39, 0.29) is 23.8 Å². The zero-order chi connectivity index (χ0) is 29.2. The SMILES string of the molecule is COc1ccc(N2C(=O)[C@@H]3C/C(=[CH]\[Sn]([c]4ccccc4)([c]4ccccc4)[c]4ccccc4)[C@@H](Cc4ccccc4)[C@@H]32)cc1. The summed E-state index contributed by atoms with van der Waals surface area (Å²) in [7, 11) is 1.67. The van der Waals surface area contributed by atoms with Crippen LogP contribution in [0.5, 0.6) is 5.75 Å². The third-order valence-corrected chi connectivity index (χ3v) is 22.3. The molecule has 1 aliphatic carbocycles. The molecule has 1 aliphatic heterocycles. The topological polar surface area (TPSA) is 29.5 Å². The molecule has 7 rings (SSSR count). The summed E-state index contributed by atoms with van der Waals surface area (Å²) in [6, 6.07) is 52.3. The molecule has 2 fully saturated rings. The molecule has 1 saturated heterocycles. The molecule has 1 saturated carbocycles. The zero-order valence-electron chi connectivity index (χ0n) is 24.3. The van der Waals surface area contributed by atoms with E-state index in [2.05, 4.69) is 130 Å². The number of rotatable bonds is 8. The number of hydrogen-bond donors (Lipinski definition) is 0. The monoisotopic (exact) mass is 669 g/mol. The van der Waals surface area contributed by atoms with Crippen LogP contribution in [0.15, 0.2) is 155 Å². The van der Waals surface area contributed by atoms with Gasteiger partial charge in [0.25, 0.3) is 0 Å². The van der Waals surface area contributed by atoms with Crippen molar-refractivity contribution in [2.24, 2.45) is 11.8 Å². The minimum atomic E-state index is -3.71. The molecule has 43 heavy (non-hydrogen) atoms. The zero-order valence-corrected chi connectivity index (χ0v) is 27.2. The van der Waals surface area contributed by atoms with E-state index in [1.54, 1.807) is 7.11 Å². The van der Waals surface area contributed by atoms with Crippen molar-refractivity contribution < 1.29 is 9.53 Å². The van der Waals surface area contributed by atoms with Crippen molar-refractivity contribution in [2.75, 3.05) is 12.0 Å². The van der Waals surface area contributed by atoms with Gasteiger partial charge in [0.2, 0.25) is 0 Å². The molecular formula is C39H35NO2Sn. The molecule has 2 aliphatic rings. The third-order valence-electron chi connectivity index (χ3n) is 9.35. The molecule has 0 spiro atoms. The number of anilines is 1. The van der Waals surface area contributed by atoms with Gasteiger partial charge >= 0.3 is 260 Å². The summed E-state index contributed by atoms with van der Waals surface area (Å²) in [4.78, 5) is 15.9. The van der Waals surface area contributed by atoms with Crippen LogP contribution in [-0.2, 0) is 11.2 Å². The van der Waals surface area contributed by atoms with Gasteiger partial charge in [0.05, 0.1) is 0 Å². The Kier molecular flexibility index (Phi) is 7.66. The summed E-state index contributed by atoms with van der Waals surface area (Å²) in [6.07, 6.45) is 1.73. The third kappa shape index (κ3) is 5.00. The van der Waals surface area contributed by atoms with E-state index in [1.165, 1.54) is 21.9 Å². The van der Waals surface area contributed by atoms with Crippen LogP contribution in [0.2, 0.25) is 0 Å². The van der Waals surface area contributed by atoms with Gasteiger partial charge in [-0.2, -0.15) is 0 Å². The summed E-state index contributed by atoms with van der Waals surface area (Å²) < 4.78 is 12.4. The normalized spacial score (nSPS) is 20.5. The number of fused-ring (bicyclic) bond motifs is 1. The Labute approximate surface area is 258 Å². The fourth-order valence-corrected chi connectivity index (χ4v) is 20.3. The molecule has 1 amide bonds. The van der Waals surface area contributed by atoms with Crippen LogP contribution in [0, 0.1) is 11.8 Å². The second-order valence-corrected chi connectivity index (χ2v) is 22.0. The fourth-order valence-electron chi connectivity index (χ4n) is 7.32. The second kappa shape index (κ2) is 11.9. The van der Waals surface area contributed by atoms with E-state index < -0.39 is 18.4 Å². The average Bonchev–Trinajstić information content (AvgIpc) is 3.38. The van der Waals surface area contributed by atoms with Gasteiger partial charge in [-0.05, 0) is 0 Å². The van der Waals surface area contributed by atoms with Crippen molar-refractivity contribution >= 4 is 40.7 Å². The Morgan fingerprint density at radius 3 is 1.67 bits per heavy atom. The number of hydrogen-bond acceptors (Lipinski definition) is 2.